The topological polar surface area (TPSA) is 72.9 Å². The van der Waals surface area contributed by atoms with Gasteiger partial charge in [-0.25, -0.2) is 0 Å². The highest BCUT2D eigenvalue weighted by Gasteiger charge is 2.09. The summed E-state index contributed by atoms with van der Waals surface area (Å²) in [6, 6.07) is 5.38. The largest absolute Gasteiger partial charge is 0.397 e. The van der Waals surface area contributed by atoms with Crippen molar-refractivity contribution < 1.29 is 4.79 Å². The number of rotatable bonds is 3. The maximum absolute atomic E-state index is 11.8. The average Bonchev–Trinajstić information content (AvgIpc) is 2.67. The van der Waals surface area contributed by atoms with Crippen LogP contribution in [0.15, 0.2) is 36.8 Å². The van der Waals surface area contributed by atoms with Crippen molar-refractivity contribution in [3.05, 3.63) is 48.0 Å². The van der Waals surface area contributed by atoms with Crippen molar-refractivity contribution in [2.45, 2.75) is 6.54 Å². The minimum atomic E-state index is -0.138. The number of nitrogens with one attached hydrogen (secondary N) is 1. The van der Waals surface area contributed by atoms with Crippen molar-refractivity contribution in [3.63, 3.8) is 0 Å². The number of aryl methyl sites for hydroxylation is 1. The van der Waals surface area contributed by atoms with E-state index in [9.17, 15) is 4.79 Å². The van der Waals surface area contributed by atoms with Gasteiger partial charge in [-0.05, 0) is 23.8 Å². The number of hydrogen-bond acceptors (Lipinski definition) is 3. The summed E-state index contributed by atoms with van der Waals surface area (Å²) in [4.78, 5) is 15.8. The van der Waals surface area contributed by atoms with Gasteiger partial charge in [0.2, 0.25) is 0 Å². The second-order valence-corrected chi connectivity index (χ2v) is 3.81. The lowest BCUT2D eigenvalue weighted by Gasteiger charge is -2.05. The molecule has 5 nitrogen and oxygen atoms in total. The van der Waals surface area contributed by atoms with E-state index >= 15 is 0 Å². The molecule has 2 aromatic rings. The molecule has 0 saturated heterocycles. The third kappa shape index (κ3) is 2.63. The van der Waals surface area contributed by atoms with Crippen molar-refractivity contribution in [1.82, 2.24) is 14.9 Å². The highest BCUT2D eigenvalue weighted by Crippen LogP contribution is 2.08. The molecule has 5 heteroatoms. The van der Waals surface area contributed by atoms with E-state index in [1.807, 2.05) is 12.1 Å². The van der Waals surface area contributed by atoms with Gasteiger partial charge in [0.05, 0.1) is 5.69 Å². The van der Waals surface area contributed by atoms with E-state index in [0.717, 1.165) is 5.56 Å². The van der Waals surface area contributed by atoms with Gasteiger partial charge in [0.15, 0.2) is 0 Å². The van der Waals surface area contributed by atoms with Crippen LogP contribution in [0.1, 0.15) is 16.1 Å². The minimum absolute atomic E-state index is 0.138. The summed E-state index contributed by atoms with van der Waals surface area (Å²) in [7, 11) is 1.79. The van der Waals surface area contributed by atoms with Crippen LogP contribution < -0.4 is 11.1 Å². The molecule has 2 heterocycles. The van der Waals surface area contributed by atoms with Gasteiger partial charge in [-0.1, -0.05) is 0 Å². The Kier molecular flexibility index (Phi) is 3.09. The number of hydrogen-bond donors (Lipinski definition) is 2. The molecule has 1 amide bonds. The van der Waals surface area contributed by atoms with Crippen LogP contribution in [-0.2, 0) is 13.6 Å². The second kappa shape index (κ2) is 4.69. The van der Waals surface area contributed by atoms with Crippen molar-refractivity contribution in [1.29, 1.82) is 0 Å². The molecule has 0 atom stereocenters. The van der Waals surface area contributed by atoms with Gasteiger partial charge < -0.3 is 15.6 Å². The van der Waals surface area contributed by atoms with Crippen molar-refractivity contribution in [3.8, 4) is 0 Å². The molecule has 0 bridgehead atoms. The fourth-order valence-corrected chi connectivity index (χ4v) is 1.59. The van der Waals surface area contributed by atoms with Gasteiger partial charge in [0, 0.05) is 32.2 Å². The molecule has 2 rings (SSSR count). The van der Waals surface area contributed by atoms with E-state index in [1.165, 1.54) is 0 Å². The van der Waals surface area contributed by atoms with E-state index in [0.29, 0.717) is 17.9 Å². The molecular weight excluding hydrogens is 216 g/mol. The lowest BCUT2D eigenvalue weighted by Crippen LogP contribution is -2.24. The monoisotopic (exact) mass is 230 g/mol. The van der Waals surface area contributed by atoms with Crippen molar-refractivity contribution in [2.75, 3.05) is 5.73 Å². The molecule has 0 radical (unpaired) electrons. The highest BCUT2D eigenvalue weighted by atomic mass is 16.1. The first-order valence-corrected chi connectivity index (χ1v) is 5.26. The van der Waals surface area contributed by atoms with Crippen molar-refractivity contribution in [2.24, 2.45) is 7.05 Å². The molecule has 17 heavy (non-hydrogen) atoms. The molecule has 0 saturated carbocycles. The summed E-state index contributed by atoms with van der Waals surface area (Å²) in [5, 5.41) is 2.83. The van der Waals surface area contributed by atoms with Crippen molar-refractivity contribution >= 4 is 11.6 Å². The van der Waals surface area contributed by atoms with Crippen LogP contribution in [0.25, 0.3) is 0 Å². The van der Waals surface area contributed by atoms with Gasteiger partial charge >= 0.3 is 0 Å². The number of pyridine rings is 1. The number of amides is 1. The molecule has 0 fully saturated rings. The van der Waals surface area contributed by atoms with Crippen LogP contribution in [0.2, 0.25) is 0 Å². The van der Waals surface area contributed by atoms with Crippen LogP contribution in [0.4, 0.5) is 5.69 Å². The Hall–Kier alpha value is -2.30. The summed E-state index contributed by atoms with van der Waals surface area (Å²) in [5.74, 6) is -0.138. The average molecular weight is 230 g/mol. The number of nitrogens with zero attached hydrogens (tertiary/aromatic N) is 2. The van der Waals surface area contributed by atoms with Gasteiger partial charge in [0.25, 0.3) is 5.91 Å². The molecule has 0 aliphatic heterocycles. The first kappa shape index (κ1) is 11.2. The molecule has 88 valence electrons. The Morgan fingerprint density at radius 2 is 2.18 bits per heavy atom. The van der Waals surface area contributed by atoms with E-state index in [-0.39, 0.29) is 5.91 Å². The SMILES string of the molecule is Cn1cc(N)cc1C(=O)NCc1ccncc1. The molecule has 0 unspecified atom stereocenters. The van der Waals surface area contributed by atoms with Crippen LogP contribution >= 0.6 is 0 Å². The lowest BCUT2D eigenvalue weighted by molar-refractivity contribution is 0.0943. The highest BCUT2D eigenvalue weighted by molar-refractivity contribution is 5.93. The number of anilines is 1. The van der Waals surface area contributed by atoms with Gasteiger partial charge in [0.1, 0.15) is 5.69 Å². The fraction of sp³-hybridized carbons (Fsp3) is 0.167. The predicted molar refractivity (Wildman–Crippen MR) is 65.2 cm³/mol. The first-order valence-electron chi connectivity index (χ1n) is 5.26. The van der Waals surface area contributed by atoms with Gasteiger partial charge in [-0.2, -0.15) is 0 Å². The summed E-state index contributed by atoms with van der Waals surface area (Å²) in [6.45, 7) is 0.479. The first-order chi connectivity index (χ1) is 8.16. The summed E-state index contributed by atoms with van der Waals surface area (Å²) in [5.41, 5.74) is 7.76. The predicted octanol–water partition coefficient (Wildman–Crippen LogP) is 0.932. The summed E-state index contributed by atoms with van der Waals surface area (Å²) < 4.78 is 1.71. The Morgan fingerprint density at radius 3 is 2.76 bits per heavy atom. The Balaban J connectivity index is 2.01. The number of nitrogens with two attached hydrogens (primary N) is 1. The summed E-state index contributed by atoms with van der Waals surface area (Å²) >= 11 is 0. The maximum Gasteiger partial charge on any atom is 0.268 e. The Bertz CT molecular complexity index is 519. The van der Waals surface area contributed by atoms with E-state index in [4.69, 9.17) is 5.73 Å². The number of carbonyl (C=O) groups excluding carboxylic acids is 1. The molecule has 2 aromatic heterocycles. The zero-order valence-electron chi connectivity index (χ0n) is 9.55. The summed E-state index contributed by atoms with van der Waals surface area (Å²) in [6.07, 6.45) is 5.10. The Labute approximate surface area is 99.3 Å². The third-order valence-electron chi connectivity index (χ3n) is 2.46. The Morgan fingerprint density at radius 1 is 1.47 bits per heavy atom. The molecule has 0 aliphatic rings. The van der Waals surface area contributed by atoms with Gasteiger partial charge in [-0.3, -0.25) is 9.78 Å². The number of aromatic nitrogens is 2. The molecule has 0 aliphatic carbocycles. The van der Waals surface area contributed by atoms with Crippen LogP contribution in [0.5, 0.6) is 0 Å². The lowest BCUT2D eigenvalue weighted by atomic mass is 10.2. The number of carbonyl (C=O) groups is 1. The normalized spacial score (nSPS) is 10.2. The molecule has 3 N–H and O–H groups in total. The van der Waals surface area contributed by atoms with Crippen LogP contribution in [-0.4, -0.2) is 15.5 Å². The smallest absolute Gasteiger partial charge is 0.268 e. The van der Waals surface area contributed by atoms with Crippen LogP contribution in [0.3, 0.4) is 0 Å². The number of nitrogen functional groups attached to an aromatic ring is 1. The fourth-order valence-electron chi connectivity index (χ4n) is 1.59. The minimum Gasteiger partial charge on any atom is -0.397 e. The van der Waals surface area contributed by atoms with E-state index in [1.54, 1.807) is 36.3 Å². The third-order valence-corrected chi connectivity index (χ3v) is 2.46. The van der Waals surface area contributed by atoms with E-state index < -0.39 is 0 Å². The van der Waals surface area contributed by atoms with Gasteiger partial charge in [-0.15, -0.1) is 0 Å². The standard InChI is InChI=1S/C12H14N4O/c1-16-8-10(13)6-11(16)12(17)15-7-9-2-4-14-5-3-9/h2-6,8H,7,13H2,1H3,(H,15,17). The molecule has 0 aromatic carbocycles. The van der Waals surface area contributed by atoms with E-state index in [2.05, 4.69) is 10.3 Å². The zero-order valence-corrected chi connectivity index (χ0v) is 9.55. The second-order valence-electron chi connectivity index (χ2n) is 3.81. The maximum atomic E-state index is 11.8. The zero-order chi connectivity index (χ0) is 12.3. The van der Waals surface area contributed by atoms with Crippen LogP contribution in [0, 0.1) is 0 Å². The quantitative estimate of drug-likeness (QED) is 0.824. The molecular formula is C12H14N4O. The molecule has 0 spiro atoms.